The van der Waals surface area contributed by atoms with Crippen molar-refractivity contribution in [1.82, 2.24) is 0 Å². The van der Waals surface area contributed by atoms with E-state index in [0.717, 1.165) is 25.7 Å². The Morgan fingerprint density at radius 3 is 2.75 bits per heavy atom. The fourth-order valence-electron chi connectivity index (χ4n) is 2.81. The van der Waals surface area contributed by atoms with E-state index in [1.165, 1.54) is 12.8 Å². The Bertz CT molecular complexity index is 296. The Balaban J connectivity index is 1.96. The molecule has 2 fully saturated rings. The van der Waals surface area contributed by atoms with E-state index in [9.17, 15) is 9.00 Å². The highest BCUT2D eigenvalue weighted by atomic mass is 32.2. The first-order valence-electron chi connectivity index (χ1n) is 5.84. The first-order valence-corrected chi connectivity index (χ1v) is 7.22. The van der Waals surface area contributed by atoms with E-state index in [0.29, 0.717) is 6.61 Å². The summed E-state index contributed by atoms with van der Waals surface area (Å²) >= 11 is 0. The third-order valence-corrected chi connectivity index (χ3v) is 5.28. The number of ether oxygens (including phenoxy) is 1. The molecule has 0 bridgehead atoms. The minimum atomic E-state index is -1.24. The minimum Gasteiger partial charge on any atom is -0.481 e. The molecule has 0 amide bonds. The predicted octanol–water partition coefficient (Wildman–Crippen LogP) is 1.31. The van der Waals surface area contributed by atoms with Crippen molar-refractivity contribution in [2.24, 2.45) is 0 Å². The number of carbonyl (C=O) groups is 1. The quantitative estimate of drug-likeness (QED) is 0.815. The van der Waals surface area contributed by atoms with E-state index in [1.54, 1.807) is 0 Å². The van der Waals surface area contributed by atoms with Gasteiger partial charge in [-0.25, -0.2) is 0 Å². The highest BCUT2D eigenvalue weighted by Crippen LogP contribution is 2.41. The molecule has 16 heavy (non-hydrogen) atoms. The van der Waals surface area contributed by atoms with Gasteiger partial charge in [-0.1, -0.05) is 12.8 Å². The topological polar surface area (TPSA) is 63.6 Å². The van der Waals surface area contributed by atoms with Crippen LogP contribution in [0.25, 0.3) is 0 Å². The summed E-state index contributed by atoms with van der Waals surface area (Å²) in [6, 6.07) is 0. The normalized spacial score (nSPS) is 30.4. The van der Waals surface area contributed by atoms with Crippen molar-refractivity contribution in [2.45, 2.75) is 49.4 Å². The van der Waals surface area contributed by atoms with Crippen LogP contribution in [0.1, 0.15) is 38.5 Å². The van der Waals surface area contributed by atoms with E-state index in [1.807, 2.05) is 0 Å². The second-order valence-corrected chi connectivity index (χ2v) is 6.49. The van der Waals surface area contributed by atoms with Crippen LogP contribution in [0.4, 0.5) is 0 Å². The summed E-state index contributed by atoms with van der Waals surface area (Å²) in [7, 11) is -1.24. The Morgan fingerprint density at radius 2 is 2.12 bits per heavy atom. The number of aliphatic carboxylic acids is 1. The molecule has 1 N–H and O–H groups in total. The molecular weight excluding hydrogens is 228 g/mol. The molecule has 2 atom stereocenters. The molecule has 1 saturated heterocycles. The highest BCUT2D eigenvalue weighted by molar-refractivity contribution is 7.86. The molecule has 92 valence electrons. The van der Waals surface area contributed by atoms with Crippen molar-refractivity contribution < 1.29 is 18.8 Å². The van der Waals surface area contributed by atoms with Crippen LogP contribution in [0.15, 0.2) is 0 Å². The summed E-state index contributed by atoms with van der Waals surface area (Å²) in [5.74, 6) is -1.19. The average Bonchev–Trinajstić information content (AvgIpc) is 2.65. The third-order valence-electron chi connectivity index (χ3n) is 3.60. The second-order valence-electron chi connectivity index (χ2n) is 4.77. The molecule has 0 radical (unpaired) electrons. The summed E-state index contributed by atoms with van der Waals surface area (Å²) in [6.45, 7) is 0.635. The van der Waals surface area contributed by atoms with Crippen LogP contribution in [0.2, 0.25) is 0 Å². The van der Waals surface area contributed by atoms with Crippen LogP contribution in [0, 0.1) is 0 Å². The fraction of sp³-hybridized carbons (Fsp3) is 0.909. The molecular formula is C11H18O4S. The molecule has 1 saturated carbocycles. The van der Waals surface area contributed by atoms with Crippen LogP contribution in [0.3, 0.4) is 0 Å². The molecule has 4 nitrogen and oxygen atoms in total. The third kappa shape index (κ3) is 2.63. The van der Waals surface area contributed by atoms with Crippen LogP contribution in [-0.4, -0.2) is 38.5 Å². The van der Waals surface area contributed by atoms with Gasteiger partial charge in [0.05, 0.1) is 5.60 Å². The summed E-state index contributed by atoms with van der Waals surface area (Å²) < 4.78 is 17.7. The average molecular weight is 246 g/mol. The molecule has 0 aromatic rings. The van der Waals surface area contributed by atoms with Crippen molar-refractivity contribution in [3.63, 3.8) is 0 Å². The van der Waals surface area contributed by atoms with Gasteiger partial charge in [-0.05, 0) is 25.7 Å². The minimum absolute atomic E-state index is 0.0166. The molecule has 2 aliphatic rings. The predicted molar refractivity (Wildman–Crippen MR) is 60.8 cm³/mol. The molecule has 2 rings (SSSR count). The second kappa shape index (κ2) is 4.84. The van der Waals surface area contributed by atoms with Gasteiger partial charge >= 0.3 is 5.97 Å². The van der Waals surface area contributed by atoms with Gasteiger partial charge in [-0.2, -0.15) is 0 Å². The first kappa shape index (κ1) is 12.0. The van der Waals surface area contributed by atoms with Gasteiger partial charge in [0.25, 0.3) is 0 Å². The fourth-order valence-corrected chi connectivity index (χ4v) is 4.14. The summed E-state index contributed by atoms with van der Waals surface area (Å²) in [5.41, 5.74) is -0.0723. The molecule has 1 heterocycles. The summed E-state index contributed by atoms with van der Waals surface area (Å²) in [5, 5.41) is 8.66. The van der Waals surface area contributed by atoms with Gasteiger partial charge in [0.2, 0.25) is 0 Å². The zero-order valence-electron chi connectivity index (χ0n) is 9.31. The lowest BCUT2D eigenvalue weighted by Crippen LogP contribution is -2.42. The van der Waals surface area contributed by atoms with Crippen molar-refractivity contribution in [2.75, 3.05) is 12.4 Å². The largest absolute Gasteiger partial charge is 0.481 e. The molecule has 0 aromatic heterocycles. The Kier molecular flexibility index (Phi) is 3.64. The summed E-state index contributed by atoms with van der Waals surface area (Å²) in [6.07, 6.45) is 5.98. The van der Waals surface area contributed by atoms with Crippen molar-refractivity contribution in [3.8, 4) is 0 Å². The Hall–Kier alpha value is -0.420. The number of carboxylic acid groups (broad SMARTS) is 1. The number of hydrogen-bond acceptors (Lipinski definition) is 3. The zero-order chi connectivity index (χ0) is 11.6. The van der Waals surface area contributed by atoms with Gasteiger partial charge < -0.3 is 9.84 Å². The number of carboxylic acids is 1. The zero-order valence-corrected chi connectivity index (χ0v) is 10.1. The van der Waals surface area contributed by atoms with E-state index >= 15 is 0 Å². The molecule has 0 aromatic carbocycles. The van der Waals surface area contributed by atoms with Gasteiger partial charge in [0.1, 0.15) is 5.75 Å². The molecule has 5 heteroatoms. The van der Waals surface area contributed by atoms with Gasteiger partial charge in [0.15, 0.2) is 0 Å². The summed E-state index contributed by atoms with van der Waals surface area (Å²) in [4.78, 5) is 10.5. The number of rotatable bonds is 3. The molecule has 1 spiro atoms. The maximum absolute atomic E-state index is 11.8. The maximum atomic E-state index is 11.8. The van der Waals surface area contributed by atoms with E-state index in [-0.39, 0.29) is 16.6 Å². The number of hydrogen-bond donors (Lipinski definition) is 1. The lowest BCUT2D eigenvalue weighted by Gasteiger charge is -2.37. The van der Waals surface area contributed by atoms with E-state index in [4.69, 9.17) is 9.84 Å². The first-order chi connectivity index (χ1) is 7.61. The van der Waals surface area contributed by atoms with Crippen LogP contribution >= 0.6 is 0 Å². The SMILES string of the molecule is O=C(O)CS(=O)C1CCOC2(CCCC2)C1. The monoisotopic (exact) mass is 246 g/mol. The van der Waals surface area contributed by atoms with E-state index < -0.39 is 16.8 Å². The molecule has 1 aliphatic carbocycles. The van der Waals surface area contributed by atoms with Crippen molar-refractivity contribution in [3.05, 3.63) is 0 Å². The van der Waals surface area contributed by atoms with Crippen LogP contribution in [0.5, 0.6) is 0 Å². The Labute approximate surface area is 97.8 Å². The van der Waals surface area contributed by atoms with Crippen molar-refractivity contribution in [1.29, 1.82) is 0 Å². The highest BCUT2D eigenvalue weighted by Gasteiger charge is 2.41. The molecule has 2 unspecified atom stereocenters. The van der Waals surface area contributed by atoms with E-state index in [2.05, 4.69) is 0 Å². The van der Waals surface area contributed by atoms with Gasteiger partial charge in [-0.15, -0.1) is 0 Å². The smallest absolute Gasteiger partial charge is 0.316 e. The van der Waals surface area contributed by atoms with Crippen molar-refractivity contribution >= 4 is 16.8 Å². The van der Waals surface area contributed by atoms with Gasteiger partial charge in [-0.3, -0.25) is 9.00 Å². The maximum Gasteiger partial charge on any atom is 0.316 e. The lowest BCUT2D eigenvalue weighted by atomic mass is 9.92. The van der Waals surface area contributed by atoms with Crippen LogP contribution in [-0.2, 0) is 20.3 Å². The van der Waals surface area contributed by atoms with Crippen LogP contribution < -0.4 is 0 Å². The molecule has 1 aliphatic heterocycles. The Morgan fingerprint density at radius 1 is 1.44 bits per heavy atom. The van der Waals surface area contributed by atoms with Gasteiger partial charge in [0, 0.05) is 22.7 Å². The lowest BCUT2D eigenvalue weighted by molar-refractivity contribution is -0.134. The standard InChI is InChI=1S/C11H18O4S/c12-10(13)8-16(14)9-3-6-15-11(7-9)4-1-2-5-11/h9H,1-8H2,(H,12,13).